The molecule has 1 saturated heterocycles. The monoisotopic (exact) mass is 270 g/mol. The lowest BCUT2D eigenvalue weighted by Gasteiger charge is -2.24. The van der Waals surface area contributed by atoms with Gasteiger partial charge in [-0.2, -0.15) is 13.2 Å². The lowest BCUT2D eigenvalue weighted by molar-refractivity contribution is -0.158. The van der Waals surface area contributed by atoms with Crippen LogP contribution >= 0.6 is 12.2 Å². The predicted octanol–water partition coefficient (Wildman–Crippen LogP) is 1.42. The summed E-state index contributed by atoms with van der Waals surface area (Å²) in [6.07, 6.45) is -3.50. The third-order valence-corrected chi connectivity index (χ3v) is 3.24. The molecule has 2 unspecified atom stereocenters. The predicted molar refractivity (Wildman–Crippen MR) is 62.8 cm³/mol. The minimum absolute atomic E-state index is 0.140. The van der Waals surface area contributed by atoms with Crippen molar-refractivity contribution < 1.29 is 17.9 Å². The summed E-state index contributed by atoms with van der Waals surface area (Å²) < 4.78 is 42.9. The maximum absolute atomic E-state index is 12.7. The summed E-state index contributed by atoms with van der Waals surface area (Å²) in [6, 6.07) is 0. The molecule has 0 aromatic carbocycles. The topological polar surface area (TPSA) is 38.5 Å². The van der Waals surface area contributed by atoms with Crippen molar-refractivity contribution in [3.8, 4) is 0 Å². The first kappa shape index (κ1) is 14.7. The van der Waals surface area contributed by atoms with Gasteiger partial charge < -0.3 is 15.4 Å². The Balaban J connectivity index is 2.50. The number of thiocarbonyl (C=S) groups is 1. The fourth-order valence-electron chi connectivity index (χ4n) is 2.06. The molecular weight excluding hydrogens is 253 g/mol. The molecule has 0 spiro atoms. The molecule has 1 aliphatic rings. The number of methoxy groups -OCH3 is 1. The molecule has 0 aliphatic carbocycles. The number of nitrogens with two attached hydrogens (primary N) is 1. The average Bonchev–Trinajstić information content (AvgIpc) is 2.60. The van der Waals surface area contributed by atoms with Crippen LogP contribution in [0, 0.1) is 11.8 Å². The van der Waals surface area contributed by atoms with Crippen LogP contribution in [0.1, 0.15) is 6.42 Å². The third kappa shape index (κ3) is 4.40. The van der Waals surface area contributed by atoms with E-state index in [1.165, 1.54) is 0 Å². The van der Waals surface area contributed by atoms with E-state index < -0.39 is 17.1 Å². The molecule has 3 nitrogen and oxygen atoms in total. The first-order valence-corrected chi connectivity index (χ1v) is 5.82. The first-order valence-electron chi connectivity index (χ1n) is 5.42. The minimum Gasteiger partial charge on any atom is -0.393 e. The van der Waals surface area contributed by atoms with Gasteiger partial charge in [-0.15, -0.1) is 0 Å². The van der Waals surface area contributed by atoms with Gasteiger partial charge in [-0.1, -0.05) is 12.2 Å². The molecule has 100 valence electrons. The smallest absolute Gasteiger partial charge is 0.393 e. The zero-order valence-corrected chi connectivity index (χ0v) is 10.5. The Morgan fingerprint density at radius 1 is 1.59 bits per heavy atom. The highest BCUT2D eigenvalue weighted by atomic mass is 32.1. The summed E-state index contributed by atoms with van der Waals surface area (Å²) in [5.41, 5.74) is 5.15. The number of hydrogen-bond acceptors (Lipinski definition) is 3. The number of ether oxygens (including phenoxy) is 1. The maximum atomic E-state index is 12.7. The van der Waals surface area contributed by atoms with E-state index in [4.69, 9.17) is 10.5 Å². The molecule has 0 aromatic rings. The van der Waals surface area contributed by atoms with E-state index in [-0.39, 0.29) is 6.54 Å². The highest BCUT2D eigenvalue weighted by molar-refractivity contribution is 7.80. The SMILES string of the molecule is COCC1CCN(CC(C(N)=S)C(F)(F)F)C1. The van der Waals surface area contributed by atoms with Gasteiger partial charge in [-0.05, 0) is 18.9 Å². The van der Waals surface area contributed by atoms with Crippen LogP contribution in [-0.2, 0) is 4.74 Å². The van der Waals surface area contributed by atoms with Gasteiger partial charge in [0.15, 0.2) is 0 Å². The van der Waals surface area contributed by atoms with Crippen molar-refractivity contribution in [2.75, 3.05) is 33.4 Å². The number of halogens is 3. The van der Waals surface area contributed by atoms with E-state index in [0.717, 1.165) is 6.42 Å². The normalized spacial score (nSPS) is 23.9. The quantitative estimate of drug-likeness (QED) is 0.767. The molecule has 1 fully saturated rings. The minimum atomic E-state index is -4.36. The second kappa shape index (κ2) is 5.97. The number of hydrogen-bond donors (Lipinski definition) is 1. The molecule has 1 heterocycles. The lowest BCUT2D eigenvalue weighted by Crippen LogP contribution is -2.43. The standard InChI is InChI=1S/C10H17F3N2OS/c1-16-6-7-2-3-15(4-7)5-8(9(14)17)10(11,12)13/h7-8H,2-6H2,1H3,(H2,14,17). The van der Waals surface area contributed by atoms with Crippen molar-refractivity contribution in [1.29, 1.82) is 0 Å². The second-order valence-electron chi connectivity index (χ2n) is 4.37. The number of likely N-dealkylation sites (tertiary alicyclic amines) is 1. The molecule has 0 aromatic heterocycles. The van der Waals surface area contributed by atoms with E-state index in [2.05, 4.69) is 12.2 Å². The van der Waals surface area contributed by atoms with Gasteiger partial charge in [0, 0.05) is 20.2 Å². The summed E-state index contributed by atoms with van der Waals surface area (Å²) in [7, 11) is 1.59. The Labute approximate surface area is 104 Å². The highest BCUT2D eigenvalue weighted by Gasteiger charge is 2.43. The van der Waals surface area contributed by atoms with E-state index in [0.29, 0.717) is 25.6 Å². The van der Waals surface area contributed by atoms with Gasteiger partial charge in [-0.3, -0.25) is 0 Å². The Morgan fingerprint density at radius 2 is 2.24 bits per heavy atom. The molecule has 2 N–H and O–H groups in total. The van der Waals surface area contributed by atoms with Crippen molar-refractivity contribution in [1.82, 2.24) is 4.90 Å². The molecule has 0 saturated carbocycles. The molecule has 1 rings (SSSR count). The molecule has 0 bridgehead atoms. The Hall–Kier alpha value is -0.400. The van der Waals surface area contributed by atoms with Gasteiger partial charge >= 0.3 is 6.18 Å². The molecule has 2 atom stereocenters. The average molecular weight is 270 g/mol. The van der Waals surface area contributed by atoms with Gasteiger partial charge in [0.2, 0.25) is 0 Å². The molecule has 0 amide bonds. The zero-order chi connectivity index (χ0) is 13.1. The first-order chi connectivity index (χ1) is 7.84. The third-order valence-electron chi connectivity index (χ3n) is 2.95. The van der Waals surface area contributed by atoms with Crippen LogP contribution in [0.15, 0.2) is 0 Å². The summed E-state index contributed by atoms with van der Waals surface area (Å²) in [6.45, 7) is 1.70. The highest BCUT2D eigenvalue weighted by Crippen LogP contribution is 2.29. The van der Waals surface area contributed by atoms with Crippen molar-refractivity contribution in [2.24, 2.45) is 17.6 Å². The maximum Gasteiger partial charge on any atom is 0.399 e. The Bertz CT molecular complexity index is 273. The molecular formula is C10H17F3N2OS. The van der Waals surface area contributed by atoms with Crippen LogP contribution < -0.4 is 5.73 Å². The summed E-state index contributed by atoms with van der Waals surface area (Å²) in [5.74, 6) is -1.40. The summed E-state index contributed by atoms with van der Waals surface area (Å²) in [5, 5.41) is 0. The van der Waals surface area contributed by atoms with Crippen molar-refractivity contribution in [2.45, 2.75) is 12.6 Å². The number of nitrogens with zero attached hydrogens (tertiary/aromatic N) is 1. The number of rotatable bonds is 5. The van der Waals surface area contributed by atoms with Crippen molar-refractivity contribution in [3.63, 3.8) is 0 Å². The van der Waals surface area contributed by atoms with Gasteiger partial charge in [-0.25, -0.2) is 0 Å². The van der Waals surface area contributed by atoms with E-state index in [1.54, 1.807) is 12.0 Å². The summed E-state index contributed by atoms with van der Waals surface area (Å²) in [4.78, 5) is 1.27. The van der Waals surface area contributed by atoms with Crippen LogP contribution in [0.2, 0.25) is 0 Å². The zero-order valence-electron chi connectivity index (χ0n) is 9.67. The summed E-state index contributed by atoms with van der Waals surface area (Å²) >= 11 is 4.49. The molecule has 17 heavy (non-hydrogen) atoms. The molecule has 7 heteroatoms. The number of alkyl halides is 3. The molecule has 1 aliphatic heterocycles. The van der Waals surface area contributed by atoms with E-state index >= 15 is 0 Å². The fraction of sp³-hybridized carbons (Fsp3) is 0.900. The van der Waals surface area contributed by atoms with Crippen LogP contribution in [0.3, 0.4) is 0 Å². The fourth-order valence-corrected chi connectivity index (χ4v) is 2.27. The van der Waals surface area contributed by atoms with Crippen molar-refractivity contribution in [3.05, 3.63) is 0 Å². The van der Waals surface area contributed by atoms with Gasteiger partial charge in [0.05, 0.1) is 11.6 Å². The Morgan fingerprint density at radius 3 is 2.71 bits per heavy atom. The second-order valence-corrected chi connectivity index (χ2v) is 4.84. The lowest BCUT2D eigenvalue weighted by atomic mass is 10.1. The van der Waals surface area contributed by atoms with Crippen LogP contribution in [0.5, 0.6) is 0 Å². The van der Waals surface area contributed by atoms with Crippen LogP contribution in [-0.4, -0.2) is 49.4 Å². The van der Waals surface area contributed by atoms with E-state index in [1.807, 2.05) is 0 Å². The van der Waals surface area contributed by atoms with Crippen molar-refractivity contribution >= 4 is 17.2 Å². The van der Waals surface area contributed by atoms with E-state index in [9.17, 15) is 13.2 Å². The Kier molecular flexibility index (Phi) is 5.15. The van der Waals surface area contributed by atoms with Crippen LogP contribution in [0.4, 0.5) is 13.2 Å². The van der Waals surface area contributed by atoms with Gasteiger partial charge in [0.25, 0.3) is 0 Å². The van der Waals surface area contributed by atoms with Crippen LogP contribution in [0.25, 0.3) is 0 Å². The van der Waals surface area contributed by atoms with Gasteiger partial charge in [0.1, 0.15) is 5.92 Å². The largest absolute Gasteiger partial charge is 0.399 e. The molecule has 0 radical (unpaired) electrons.